The number of hydrogen-bond acceptors (Lipinski definition) is 0. The van der Waals surface area contributed by atoms with Crippen LogP contribution in [0.1, 0.15) is 110 Å². The average Bonchev–Trinajstić information content (AvgIpc) is 2.63. The van der Waals surface area contributed by atoms with Gasteiger partial charge in [0.2, 0.25) is 0 Å². The zero-order chi connectivity index (χ0) is 22.9. The van der Waals surface area contributed by atoms with Crippen molar-refractivity contribution in [3.63, 3.8) is 0 Å². The van der Waals surface area contributed by atoms with Crippen molar-refractivity contribution in [1.29, 1.82) is 0 Å². The Morgan fingerprint density at radius 3 is 1.52 bits per heavy atom. The van der Waals surface area contributed by atoms with E-state index in [1.54, 1.807) is 0 Å². The molecule has 1 aromatic carbocycles. The Bertz CT molecular complexity index is 551. The summed E-state index contributed by atoms with van der Waals surface area (Å²) in [5.74, 6) is 0. The summed E-state index contributed by atoms with van der Waals surface area (Å²) in [6.45, 7) is 29.2. The van der Waals surface area contributed by atoms with Gasteiger partial charge in [0.1, 0.15) is 0 Å². The van der Waals surface area contributed by atoms with Crippen molar-refractivity contribution in [2.45, 2.75) is 107 Å². The van der Waals surface area contributed by atoms with E-state index in [2.05, 4.69) is 92.5 Å². The van der Waals surface area contributed by atoms with E-state index in [1.165, 1.54) is 68.1 Å². The van der Waals surface area contributed by atoms with E-state index >= 15 is 0 Å². The van der Waals surface area contributed by atoms with E-state index in [1.807, 2.05) is 6.92 Å². The molecular formula is C29H50. The summed E-state index contributed by atoms with van der Waals surface area (Å²) < 4.78 is 0. The molecule has 0 fully saturated rings. The van der Waals surface area contributed by atoms with Gasteiger partial charge in [-0.1, -0.05) is 103 Å². The fourth-order valence-electron chi connectivity index (χ4n) is 4.08. The van der Waals surface area contributed by atoms with Crippen molar-refractivity contribution in [1.82, 2.24) is 0 Å². The fraction of sp³-hybridized carbons (Fsp3) is 0.586. The normalized spacial score (nSPS) is 10.2. The van der Waals surface area contributed by atoms with Gasteiger partial charge < -0.3 is 0 Å². The van der Waals surface area contributed by atoms with E-state index in [4.69, 9.17) is 0 Å². The number of allylic oxidation sites excluding steroid dienone is 3. The molecule has 29 heavy (non-hydrogen) atoms. The van der Waals surface area contributed by atoms with Crippen molar-refractivity contribution >= 4 is 5.57 Å². The molecule has 0 saturated heterocycles. The van der Waals surface area contributed by atoms with Crippen molar-refractivity contribution in [2.75, 3.05) is 0 Å². The Balaban J connectivity index is 0. The monoisotopic (exact) mass is 398 g/mol. The van der Waals surface area contributed by atoms with Crippen LogP contribution < -0.4 is 0 Å². The fourth-order valence-corrected chi connectivity index (χ4v) is 4.08. The number of benzene rings is 1. The summed E-state index contributed by atoms with van der Waals surface area (Å²) in [5.41, 5.74) is 6.46. The van der Waals surface area contributed by atoms with Crippen LogP contribution in [0.3, 0.4) is 0 Å². The van der Waals surface area contributed by atoms with Gasteiger partial charge in [-0.3, -0.25) is 0 Å². The van der Waals surface area contributed by atoms with Crippen LogP contribution in [-0.4, -0.2) is 0 Å². The lowest BCUT2D eigenvalue weighted by molar-refractivity contribution is 0.214. The molecule has 1 aromatic rings. The Labute approximate surface area is 184 Å². The molecule has 0 amide bonds. The molecule has 166 valence electrons. The Hall–Kier alpha value is -1.56. The van der Waals surface area contributed by atoms with Crippen LogP contribution in [0.25, 0.3) is 5.57 Å². The van der Waals surface area contributed by atoms with Gasteiger partial charge in [0.25, 0.3) is 0 Å². The maximum Gasteiger partial charge on any atom is -0.0129 e. The van der Waals surface area contributed by atoms with E-state index in [0.29, 0.717) is 5.41 Å². The van der Waals surface area contributed by atoms with Crippen LogP contribution in [0.2, 0.25) is 0 Å². The summed E-state index contributed by atoms with van der Waals surface area (Å²) in [6, 6.07) is 6.28. The number of rotatable bonds is 10. The maximum absolute atomic E-state index is 4.05. The predicted molar refractivity (Wildman–Crippen MR) is 138 cm³/mol. The van der Waals surface area contributed by atoms with Crippen molar-refractivity contribution in [3.8, 4) is 0 Å². The molecule has 0 aliphatic rings. The van der Waals surface area contributed by atoms with Gasteiger partial charge >= 0.3 is 0 Å². The molecule has 0 heteroatoms. The van der Waals surface area contributed by atoms with Gasteiger partial charge in [-0.25, -0.2) is 0 Å². The van der Waals surface area contributed by atoms with Crippen molar-refractivity contribution in [3.05, 3.63) is 66.3 Å². The topological polar surface area (TPSA) is 0 Å². The quantitative estimate of drug-likeness (QED) is 0.271. The third kappa shape index (κ3) is 11.9. The molecule has 0 aliphatic heterocycles. The third-order valence-electron chi connectivity index (χ3n) is 5.22. The van der Waals surface area contributed by atoms with Crippen LogP contribution in [0.4, 0.5) is 0 Å². The second-order valence-corrected chi connectivity index (χ2v) is 8.48. The second-order valence-electron chi connectivity index (χ2n) is 8.48. The standard InChI is InChI=1S/C13H16.C13H26.C3H8/c1-9(2)12(5)13-10(3)7-6-8-11(13)4;1-5-9-13(10-6-2,11-7-3)12-8-4;1-3-2/h6-8H,1,5H2,2-4H3;5H,1,6-12H2,2-4H3;3H2,1-2H3. The largest absolute Gasteiger partial charge is 0.103 e. The molecule has 0 N–H and O–H groups in total. The van der Waals surface area contributed by atoms with Gasteiger partial charge in [-0.05, 0) is 74.1 Å². The first kappa shape index (κ1) is 29.6. The molecule has 0 aliphatic carbocycles. The predicted octanol–water partition coefficient (Wildman–Crippen LogP) is 10.3. The summed E-state index contributed by atoms with van der Waals surface area (Å²) in [5, 5.41) is 0. The summed E-state index contributed by atoms with van der Waals surface area (Å²) in [7, 11) is 0. The van der Waals surface area contributed by atoms with Crippen LogP contribution in [-0.2, 0) is 0 Å². The first-order valence-electron chi connectivity index (χ1n) is 11.7. The lowest BCUT2D eigenvalue weighted by Crippen LogP contribution is -2.19. The highest BCUT2D eigenvalue weighted by Gasteiger charge is 2.25. The lowest BCUT2D eigenvalue weighted by atomic mass is 9.73. The molecule has 0 atom stereocenters. The maximum atomic E-state index is 4.05. The number of aryl methyl sites for hydroxylation is 2. The minimum Gasteiger partial charge on any atom is -0.103 e. The Morgan fingerprint density at radius 2 is 1.24 bits per heavy atom. The molecular weight excluding hydrogens is 348 g/mol. The van der Waals surface area contributed by atoms with Gasteiger partial charge in [0, 0.05) is 0 Å². The first-order chi connectivity index (χ1) is 13.7. The van der Waals surface area contributed by atoms with Gasteiger partial charge in [0.05, 0.1) is 0 Å². The first-order valence-corrected chi connectivity index (χ1v) is 11.7. The molecule has 0 radical (unpaired) electrons. The third-order valence-corrected chi connectivity index (χ3v) is 5.22. The van der Waals surface area contributed by atoms with Crippen LogP contribution in [0.5, 0.6) is 0 Å². The SMILES string of the molecule is C=C(C)C(=C)c1c(C)cccc1C.C=CCC(CCC)(CCC)CCC.CCC. The van der Waals surface area contributed by atoms with Crippen LogP contribution >= 0.6 is 0 Å². The van der Waals surface area contributed by atoms with Crippen LogP contribution in [0.15, 0.2) is 49.6 Å². The van der Waals surface area contributed by atoms with Gasteiger partial charge in [-0.2, -0.15) is 0 Å². The highest BCUT2D eigenvalue weighted by atomic mass is 14.3. The van der Waals surface area contributed by atoms with Gasteiger partial charge in [0.15, 0.2) is 0 Å². The Kier molecular flexibility index (Phi) is 17.7. The van der Waals surface area contributed by atoms with E-state index in [9.17, 15) is 0 Å². The van der Waals surface area contributed by atoms with Crippen molar-refractivity contribution < 1.29 is 0 Å². The van der Waals surface area contributed by atoms with Crippen molar-refractivity contribution in [2.24, 2.45) is 5.41 Å². The summed E-state index contributed by atoms with van der Waals surface area (Å²) in [4.78, 5) is 0. The van der Waals surface area contributed by atoms with E-state index < -0.39 is 0 Å². The molecule has 0 saturated carbocycles. The minimum atomic E-state index is 0.583. The average molecular weight is 399 g/mol. The molecule has 0 nitrogen and oxygen atoms in total. The molecule has 0 spiro atoms. The summed E-state index contributed by atoms with van der Waals surface area (Å²) in [6.07, 6.45) is 12.6. The molecule has 0 bridgehead atoms. The van der Waals surface area contributed by atoms with E-state index in [-0.39, 0.29) is 0 Å². The lowest BCUT2D eigenvalue weighted by Gasteiger charge is -2.32. The minimum absolute atomic E-state index is 0.583. The highest BCUT2D eigenvalue weighted by molar-refractivity contribution is 5.79. The molecule has 1 rings (SSSR count). The molecule has 0 aromatic heterocycles. The van der Waals surface area contributed by atoms with E-state index in [0.717, 1.165) is 11.1 Å². The number of hydrogen-bond donors (Lipinski definition) is 0. The van der Waals surface area contributed by atoms with Gasteiger partial charge in [-0.15, -0.1) is 6.58 Å². The Morgan fingerprint density at radius 1 is 0.862 bits per heavy atom. The zero-order valence-electron chi connectivity index (χ0n) is 21.1. The zero-order valence-corrected chi connectivity index (χ0v) is 21.1. The smallest absolute Gasteiger partial charge is 0.0129 e. The summed E-state index contributed by atoms with van der Waals surface area (Å²) >= 11 is 0. The molecule has 0 heterocycles. The second kappa shape index (κ2) is 17.3. The highest BCUT2D eigenvalue weighted by Crippen LogP contribution is 2.38. The van der Waals surface area contributed by atoms with Crippen LogP contribution in [0, 0.1) is 19.3 Å². The molecule has 0 unspecified atom stereocenters.